The van der Waals surface area contributed by atoms with Crippen LogP contribution < -0.4 is 5.32 Å². The fourth-order valence-electron chi connectivity index (χ4n) is 3.11. The number of nitrogens with one attached hydrogen (secondary N) is 1. The van der Waals surface area contributed by atoms with Crippen molar-refractivity contribution < 1.29 is 9.59 Å². The standard InChI is InChI=1S/C17H21N5O2/c1-12-19-7-9-22(12)14-4-3-8-21(11-14)17(24)13-5-6-15(20-10-13)16(23)18-2/h5-7,9-10,14H,3-4,8,11H2,1-2H3,(H,18,23)/t14-/m1/s1. The van der Waals surface area contributed by atoms with E-state index in [4.69, 9.17) is 0 Å². The van der Waals surface area contributed by atoms with Crippen molar-refractivity contribution in [2.75, 3.05) is 20.1 Å². The lowest BCUT2D eigenvalue weighted by Gasteiger charge is -2.34. The van der Waals surface area contributed by atoms with E-state index in [9.17, 15) is 9.59 Å². The summed E-state index contributed by atoms with van der Waals surface area (Å²) in [6.45, 7) is 3.37. The van der Waals surface area contributed by atoms with E-state index in [1.807, 2.05) is 18.0 Å². The van der Waals surface area contributed by atoms with Gasteiger partial charge in [0.2, 0.25) is 0 Å². The third-order valence-corrected chi connectivity index (χ3v) is 4.41. The van der Waals surface area contributed by atoms with E-state index < -0.39 is 0 Å². The molecule has 2 aromatic rings. The molecule has 2 aromatic heterocycles. The predicted molar refractivity (Wildman–Crippen MR) is 88.8 cm³/mol. The Morgan fingerprint density at radius 2 is 2.12 bits per heavy atom. The molecule has 1 aliphatic heterocycles. The number of imidazole rings is 1. The van der Waals surface area contributed by atoms with E-state index in [0.717, 1.165) is 25.2 Å². The fourth-order valence-corrected chi connectivity index (χ4v) is 3.11. The summed E-state index contributed by atoms with van der Waals surface area (Å²) in [6, 6.07) is 3.49. The number of hydrogen-bond donors (Lipinski definition) is 1. The third-order valence-electron chi connectivity index (χ3n) is 4.41. The minimum Gasteiger partial charge on any atom is -0.354 e. The van der Waals surface area contributed by atoms with Gasteiger partial charge in [0.15, 0.2) is 0 Å². The van der Waals surface area contributed by atoms with Gasteiger partial charge in [0.05, 0.1) is 11.6 Å². The number of piperidine rings is 1. The zero-order valence-corrected chi connectivity index (χ0v) is 13.9. The molecule has 7 heteroatoms. The fraction of sp³-hybridized carbons (Fsp3) is 0.412. The van der Waals surface area contributed by atoms with E-state index in [2.05, 4.69) is 19.9 Å². The quantitative estimate of drug-likeness (QED) is 0.924. The van der Waals surface area contributed by atoms with Crippen molar-refractivity contribution in [1.29, 1.82) is 0 Å². The normalized spacial score (nSPS) is 17.6. The van der Waals surface area contributed by atoms with Crippen molar-refractivity contribution in [3.05, 3.63) is 47.8 Å². The maximum absolute atomic E-state index is 12.7. The van der Waals surface area contributed by atoms with Crippen molar-refractivity contribution in [1.82, 2.24) is 24.8 Å². The molecule has 0 saturated carbocycles. The van der Waals surface area contributed by atoms with E-state index in [0.29, 0.717) is 17.8 Å². The van der Waals surface area contributed by atoms with E-state index in [-0.39, 0.29) is 17.9 Å². The molecule has 7 nitrogen and oxygen atoms in total. The molecular weight excluding hydrogens is 306 g/mol. The lowest BCUT2D eigenvalue weighted by molar-refractivity contribution is 0.0677. The molecule has 1 aliphatic rings. The summed E-state index contributed by atoms with van der Waals surface area (Å²) in [5.74, 6) is 0.655. The van der Waals surface area contributed by atoms with Crippen molar-refractivity contribution >= 4 is 11.8 Å². The molecule has 1 fully saturated rings. The van der Waals surface area contributed by atoms with Crippen molar-refractivity contribution in [2.45, 2.75) is 25.8 Å². The van der Waals surface area contributed by atoms with Gasteiger partial charge in [-0.05, 0) is 31.9 Å². The van der Waals surface area contributed by atoms with Gasteiger partial charge in [0.25, 0.3) is 11.8 Å². The Hall–Kier alpha value is -2.70. The van der Waals surface area contributed by atoms with Gasteiger partial charge in [-0.25, -0.2) is 4.98 Å². The van der Waals surface area contributed by atoms with Crippen LogP contribution in [-0.4, -0.2) is 51.4 Å². The van der Waals surface area contributed by atoms with Gasteiger partial charge in [-0.2, -0.15) is 0 Å². The molecule has 3 rings (SSSR count). The highest BCUT2D eigenvalue weighted by Gasteiger charge is 2.26. The minimum atomic E-state index is -0.261. The summed E-state index contributed by atoms with van der Waals surface area (Å²) in [4.78, 5) is 34.4. The maximum atomic E-state index is 12.7. The Morgan fingerprint density at radius 1 is 1.29 bits per heavy atom. The van der Waals surface area contributed by atoms with Crippen molar-refractivity contribution in [3.8, 4) is 0 Å². The van der Waals surface area contributed by atoms with Gasteiger partial charge >= 0.3 is 0 Å². The van der Waals surface area contributed by atoms with Crippen LogP contribution in [0.2, 0.25) is 0 Å². The number of aromatic nitrogens is 3. The van der Waals surface area contributed by atoms with Gasteiger partial charge in [0.1, 0.15) is 11.5 Å². The first-order chi connectivity index (χ1) is 11.6. The minimum absolute atomic E-state index is 0.0478. The number of hydrogen-bond acceptors (Lipinski definition) is 4. The zero-order chi connectivity index (χ0) is 17.1. The molecule has 1 atom stereocenters. The number of pyridine rings is 1. The summed E-state index contributed by atoms with van der Waals surface area (Å²) in [6.07, 6.45) is 7.22. The smallest absolute Gasteiger partial charge is 0.269 e. The number of amides is 2. The number of likely N-dealkylation sites (tertiary alicyclic amines) is 1. The van der Waals surface area contributed by atoms with Crippen molar-refractivity contribution in [2.24, 2.45) is 0 Å². The molecule has 2 amide bonds. The van der Waals surface area contributed by atoms with Crippen LogP contribution in [-0.2, 0) is 0 Å². The zero-order valence-electron chi connectivity index (χ0n) is 13.9. The average Bonchev–Trinajstić information content (AvgIpc) is 3.06. The topological polar surface area (TPSA) is 80.1 Å². The van der Waals surface area contributed by atoms with E-state index in [1.54, 1.807) is 25.4 Å². The number of rotatable bonds is 3. The second-order valence-electron chi connectivity index (χ2n) is 5.94. The lowest BCUT2D eigenvalue weighted by Crippen LogP contribution is -2.40. The molecule has 1 saturated heterocycles. The highest BCUT2D eigenvalue weighted by molar-refractivity contribution is 5.96. The van der Waals surface area contributed by atoms with Crippen LogP contribution in [0, 0.1) is 6.92 Å². The van der Waals surface area contributed by atoms with Gasteiger partial charge in [-0.1, -0.05) is 0 Å². The van der Waals surface area contributed by atoms with Gasteiger partial charge in [0, 0.05) is 38.7 Å². The highest BCUT2D eigenvalue weighted by atomic mass is 16.2. The van der Waals surface area contributed by atoms with E-state index >= 15 is 0 Å². The van der Waals surface area contributed by atoms with Crippen LogP contribution in [0.3, 0.4) is 0 Å². The molecule has 0 aromatic carbocycles. The summed E-state index contributed by atoms with van der Waals surface area (Å²) < 4.78 is 2.13. The average molecular weight is 327 g/mol. The van der Waals surface area contributed by atoms with Gasteiger partial charge < -0.3 is 14.8 Å². The third kappa shape index (κ3) is 3.15. The largest absolute Gasteiger partial charge is 0.354 e. The number of nitrogens with zero attached hydrogens (tertiary/aromatic N) is 4. The summed E-state index contributed by atoms with van der Waals surface area (Å²) >= 11 is 0. The molecule has 0 bridgehead atoms. The monoisotopic (exact) mass is 327 g/mol. The SMILES string of the molecule is CNC(=O)c1ccc(C(=O)N2CCC[C@@H](n3ccnc3C)C2)cn1. The second-order valence-corrected chi connectivity index (χ2v) is 5.94. The second kappa shape index (κ2) is 6.82. The molecule has 3 heterocycles. The highest BCUT2D eigenvalue weighted by Crippen LogP contribution is 2.23. The Morgan fingerprint density at radius 3 is 2.75 bits per heavy atom. The first kappa shape index (κ1) is 16.2. The number of carbonyl (C=O) groups is 2. The van der Waals surface area contributed by atoms with Crippen LogP contribution in [0.4, 0.5) is 0 Å². The summed E-state index contributed by atoms with van der Waals surface area (Å²) in [7, 11) is 1.55. The molecule has 24 heavy (non-hydrogen) atoms. The number of aryl methyl sites for hydroxylation is 1. The molecule has 0 unspecified atom stereocenters. The molecule has 0 spiro atoms. The van der Waals surface area contributed by atoms with Crippen LogP contribution in [0.15, 0.2) is 30.7 Å². The molecule has 0 aliphatic carbocycles. The summed E-state index contributed by atoms with van der Waals surface area (Å²) in [5.41, 5.74) is 0.810. The van der Waals surface area contributed by atoms with Gasteiger partial charge in [-0.15, -0.1) is 0 Å². The lowest BCUT2D eigenvalue weighted by atomic mass is 10.0. The Kier molecular flexibility index (Phi) is 4.59. The Bertz CT molecular complexity index is 738. The summed E-state index contributed by atoms with van der Waals surface area (Å²) in [5, 5.41) is 2.51. The van der Waals surface area contributed by atoms with E-state index in [1.165, 1.54) is 6.20 Å². The van der Waals surface area contributed by atoms with Crippen LogP contribution in [0.1, 0.15) is 45.6 Å². The first-order valence-electron chi connectivity index (χ1n) is 8.07. The molecule has 0 radical (unpaired) electrons. The Labute approximate surface area is 140 Å². The first-order valence-corrected chi connectivity index (χ1v) is 8.07. The van der Waals surface area contributed by atoms with Crippen LogP contribution in [0.25, 0.3) is 0 Å². The maximum Gasteiger partial charge on any atom is 0.269 e. The predicted octanol–water partition coefficient (Wildman–Crippen LogP) is 1.42. The number of carbonyl (C=O) groups excluding carboxylic acids is 2. The Balaban J connectivity index is 1.72. The van der Waals surface area contributed by atoms with Crippen LogP contribution in [0.5, 0.6) is 0 Å². The van der Waals surface area contributed by atoms with Gasteiger partial charge in [-0.3, -0.25) is 14.6 Å². The molecule has 1 N–H and O–H groups in total. The van der Waals surface area contributed by atoms with Crippen molar-refractivity contribution in [3.63, 3.8) is 0 Å². The van der Waals surface area contributed by atoms with Crippen LogP contribution >= 0.6 is 0 Å². The molecular formula is C17H21N5O2. The molecule has 126 valence electrons.